The Labute approximate surface area is 309 Å². The standard InChI is InChI=1S/C39H38ClFO12/c1-14-12-24(42)13-25(50-11)39(14,49)38(48)53-33-20(7)17(4)27(21(8)29(33)40)36(46)52-34-23(10)31(43)28(22(9)30(34)41)37(47)51-32-18(5)15(2)26(35(44)45)16(3)19(32)6/h12-13,43,49H,1-11H3,(H,44,45)/t39-/m1/s1. The third-order valence-electron chi connectivity index (χ3n) is 9.86. The number of halogens is 2. The van der Waals surface area contributed by atoms with Crippen LogP contribution >= 0.6 is 11.6 Å². The lowest BCUT2D eigenvalue weighted by atomic mass is 9.87. The maximum atomic E-state index is 16.0. The third kappa shape index (κ3) is 6.55. The number of esters is 3. The summed E-state index contributed by atoms with van der Waals surface area (Å²) in [4.78, 5) is 64.3. The van der Waals surface area contributed by atoms with Gasteiger partial charge in [0, 0.05) is 17.2 Å². The fraction of sp³-hybridized carbons (Fsp3) is 0.308. The second-order valence-electron chi connectivity index (χ2n) is 12.8. The number of carboxylic acids is 1. The number of aliphatic hydroxyl groups is 1. The Kier molecular flexibility index (Phi) is 11.0. The van der Waals surface area contributed by atoms with Gasteiger partial charge in [-0.2, -0.15) is 0 Å². The van der Waals surface area contributed by atoms with Crippen molar-refractivity contribution in [3.8, 4) is 23.0 Å². The zero-order chi connectivity index (χ0) is 40.2. The van der Waals surface area contributed by atoms with E-state index in [1.54, 1.807) is 27.7 Å². The highest BCUT2D eigenvalue weighted by atomic mass is 35.5. The summed E-state index contributed by atoms with van der Waals surface area (Å²) in [6.45, 7) is 14.4. The molecule has 4 rings (SSSR count). The molecule has 1 atom stereocenters. The summed E-state index contributed by atoms with van der Waals surface area (Å²) >= 11 is 6.61. The molecule has 1 aliphatic rings. The van der Waals surface area contributed by atoms with Crippen molar-refractivity contribution in [3.05, 3.63) is 101 Å². The molecule has 0 heterocycles. The van der Waals surface area contributed by atoms with Gasteiger partial charge in [-0.15, -0.1) is 0 Å². The molecule has 0 saturated heterocycles. The van der Waals surface area contributed by atoms with E-state index in [2.05, 4.69) is 0 Å². The lowest BCUT2D eigenvalue weighted by Crippen LogP contribution is -2.47. The lowest BCUT2D eigenvalue weighted by molar-refractivity contribution is -0.151. The van der Waals surface area contributed by atoms with Crippen molar-refractivity contribution >= 4 is 41.3 Å². The number of methoxy groups -OCH3 is 1. The molecule has 0 bridgehead atoms. The summed E-state index contributed by atoms with van der Waals surface area (Å²) in [6, 6.07) is 0. The molecule has 53 heavy (non-hydrogen) atoms. The Hall–Kier alpha value is -5.53. The van der Waals surface area contributed by atoms with Gasteiger partial charge in [0.2, 0.25) is 5.60 Å². The smallest absolute Gasteiger partial charge is 0.356 e. The predicted molar refractivity (Wildman–Crippen MR) is 190 cm³/mol. The van der Waals surface area contributed by atoms with Gasteiger partial charge in [-0.3, -0.25) is 4.79 Å². The number of carbonyl (C=O) groups excluding carboxylic acids is 4. The van der Waals surface area contributed by atoms with E-state index in [1.807, 2.05) is 0 Å². The van der Waals surface area contributed by atoms with E-state index in [0.717, 1.165) is 12.2 Å². The number of phenols is 1. The van der Waals surface area contributed by atoms with Gasteiger partial charge >= 0.3 is 23.9 Å². The molecule has 0 spiro atoms. The molecule has 14 heteroatoms. The molecule has 0 aliphatic heterocycles. The van der Waals surface area contributed by atoms with Crippen LogP contribution in [0.15, 0.2) is 23.5 Å². The third-order valence-corrected chi connectivity index (χ3v) is 10.3. The van der Waals surface area contributed by atoms with Crippen LogP contribution in [0.25, 0.3) is 0 Å². The Morgan fingerprint density at radius 3 is 1.68 bits per heavy atom. The number of carboxylic acid groups (broad SMARTS) is 1. The molecule has 3 aromatic rings. The predicted octanol–water partition coefficient (Wildman–Crippen LogP) is 6.79. The van der Waals surface area contributed by atoms with Crippen LogP contribution in [-0.4, -0.2) is 57.7 Å². The highest BCUT2D eigenvalue weighted by molar-refractivity contribution is 6.33. The van der Waals surface area contributed by atoms with E-state index in [1.165, 1.54) is 48.7 Å². The molecule has 3 N–H and O–H groups in total. The fourth-order valence-corrected chi connectivity index (χ4v) is 6.54. The molecule has 3 aromatic carbocycles. The SMILES string of the molecule is COC1=CC(=O)C=C(C)[C@]1(O)C(=O)Oc1c(C)c(C)c(C(=O)Oc2c(C)c(O)c(C(=O)Oc3c(C)c(C)c(C(=O)O)c(C)c3C)c(C)c2F)c(C)c1Cl. The van der Waals surface area contributed by atoms with Gasteiger partial charge in [0.15, 0.2) is 23.1 Å². The molecule has 1 aliphatic carbocycles. The molecule has 0 fully saturated rings. The number of phenolic OH excluding ortho intramolecular Hbond substituents is 1. The fourth-order valence-electron chi connectivity index (χ4n) is 6.26. The number of ether oxygens (including phenoxy) is 4. The monoisotopic (exact) mass is 752 g/mol. The van der Waals surface area contributed by atoms with E-state index in [4.69, 9.17) is 30.5 Å². The van der Waals surface area contributed by atoms with E-state index in [9.17, 15) is 39.3 Å². The van der Waals surface area contributed by atoms with Crippen molar-refractivity contribution in [2.75, 3.05) is 7.11 Å². The summed E-state index contributed by atoms with van der Waals surface area (Å²) in [5.74, 6) is -8.17. The summed E-state index contributed by atoms with van der Waals surface area (Å²) in [5.41, 5.74) is -1.88. The van der Waals surface area contributed by atoms with E-state index < -0.39 is 63.7 Å². The van der Waals surface area contributed by atoms with Crippen molar-refractivity contribution in [2.45, 2.75) is 74.8 Å². The molecule has 12 nitrogen and oxygen atoms in total. The molecule has 280 valence electrons. The molecule has 0 amide bonds. The molecule has 0 aromatic heterocycles. The van der Waals surface area contributed by atoms with Crippen LogP contribution in [0.1, 0.15) is 88.1 Å². The van der Waals surface area contributed by atoms with Crippen LogP contribution in [0.3, 0.4) is 0 Å². The van der Waals surface area contributed by atoms with E-state index in [-0.39, 0.29) is 61.2 Å². The van der Waals surface area contributed by atoms with Crippen LogP contribution in [0, 0.1) is 68.1 Å². The highest BCUT2D eigenvalue weighted by Crippen LogP contribution is 2.42. The number of allylic oxidation sites excluding steroid dienone is 2. The van der Waals surface area contributed by atoms with Gasteiger partial charge in [-0.05, 0) is 120 Å². The Bertz CT molecular complexity index is 2160. The largest absolute Gasteiger partial charge is 0.507 e. The van der Waals surface area contributed by atoms with Gasteiger partial charge in [-0.1, -0.05) is 11.6 Å². The van der Waals surface area contributed by atoms with Crippen LogP contribution in [0.2, 0.25) is 5.02 Å². The number of hydrogen-bond donors (Lipinski definition) is 3. The molecular formula is C39H38ClFO12. The average molecular weight is 753 g/mol. The summed E-state index contributed by atoms with van der Waals surface area (Å²) in [6.07, 6.45) is 1.99. The molecule has 0 radical (unpaired) electrons. The molecule has 0 unspecified atom stereocenters. The molecular weight excluding hydrogens is 715 g/mol. The zero-order valence-electron chi connectivity index (χ0n) is 30.9. The number of benzene rings is 3. The number of carbonyl (C=O) groups is 5. The maximum absolute atomic E-state index is 16.0. The second kappa shape index (κ2) is 14.5. The number of aromatic hydroxyl groups is 1. The first-order valence-corrected chi connectivity index (χ1v) is 16.4. The number of ketones is 1. The van der Waals surface area contributed by atoms with Gasteiger partial charge in [-0.25, -0.2) is 23.6 Å². The topological polar surface area (TPSA) is 183 Å². The van der Waals surface area contributed by atoms with Crippen molar-refractivity contribution in [2.24, 2.45) is 0 Å². The Balaban J connectivity index is 1.70. The first-order chi connectivity index (χ1) is 24.5. The normalized spacial score (nSPS) is 15.4. The summed E-state index contributed by atoms with van der Waals surface area (Å²) in [5, 5.41) is 31.8. The van der Waals surface area contributed by atoms with Crippen LogP contribution in [0.4, 0.5) is 4.39 Å². The van der Waals surface area contributed by atoms with Gasteiger partial charge < -0.3 is 34.3 Å². The van der Waals surface area contributed by atoms with Gasteiger partial charge in [0.1, 0.15) is 22.8 Å². The Morgan fingerprint density at radius 1 is 0.660 bits per heavy atom. The highest BCUT2D eigenvalue weighted by Gasteiger charge is 2.48. The average Bonchev–Trinajstić information content (AvgIpc) is 3.09. The van der Waals surface area contributed by atoms with Crippen molar-refractivity contribution in [1.82, 2.24) is 0 Å². The first-order valence-electron chi connectivity index (χ1n) is 16.1. The van der Waals surface area contributed by atoms with Gasteiger partial charge in [0.25, 0.3) is 0 Å². The van der Waals surface area contributed by atoms with Crippen molar-refractivity contribution in [3.63, 3.8) is 0 Å². The summed E-state index contributed by atoms with van der Waals surface area (Å²) < 4.78 is 37.8. The summed E-state index contributed by atoms with van der Waals surface area (Å²) in [7, 11) is 1.17. The first kappa shape index (κ1) is 40.2. The van der Waals surface area contributed by atoms with E-state index >= 15 is 4.39 Å². The van der Waals surface area contributed by atoms with Crippen LogP contribution in [0.5, 0.6) is 23.0 Å². The minimum Gasteiger partial charge on any atom is -0.507 e. The lowest BCUT2D eigenvalue weighted by Gasteiger charge is -2.30. The van der Waals surface area contributed by atoms with Crippen LogP contribution in [-0.2, 0) is 14.3 Å². The number of rotatable bonds is 8. The van der Waals surface area contributed by atoms with Crippen molar-refractivity contribution in [1.29, 1.82) is 0 Å². The van der Waals surface area contributed by atoms with Crippen LogP contribution < -0.4 is 14.2 Å². The zero-order valence-corrected chi connectivity index (χ0v) is 31.7. The molecule has 0 saturated carbocycles. The van der Waals surface area contributed by atoms with Crippen molar-refractivity contribution < 1.29 is 62.6 Å². The van der Waals surface area contributed by atoms with Gasteiger partial charge in [0.05, 0.1) is 23.3 Å². The minimum absolute atomic E-state index is 0.0555. The van der Waals surface area contributed by atoms with E-state index in [0.29, 0.717) is 22.3 Å². The Morgan fingerprint density at radius 2 is 1.15 bits per heavy atom. The minimum atomic E-state index is -2.45. The maximum Gasteiger partial charge on any atom is 0.356 e. The number of aromatic carboxylic acids is 1. The quantitative estimate of drug-likeness (QED) is 0.162. The number of hydrogen-bond acceptors (Lipinski definition) is 11. The second-order valence-corrected chi connectivity index (χ2v) is 13.2.